The van der Waals surface area contributed by atoms with Crippen molar-refractivity contribution < 1.29 is 9.53 Å². The highest BCUT2D eigenvalue weighted by Gasteiger charge is 2.18. The molecule has 0 fully saturated rings. The molecule has 0 saturated heterocycles. The number of ether oxygens (including phenoxy) is 1. The van der Waals surface area contributed by atoms with Crippen LogP contribution in [0.1, 0.15) is 34.1 Å². The highest BCUT2D eigenvalue weighted by atomic mass is 16.5. The molecule has 2 aromatic carbocycles. The second kappa shape index (κ2) is 7.04. The molecule has 1 aliphatic rings. The van der Waals surface area contributed by atoms with Crippen molar-refractivity contribution in [1.82, 2.24) is 9.78 Å². The van der Waals surface area contributed by atoms with E-state index in [-0.39, 0.29) is 5.91 Å². The Hall–Kier alpha value is -3.08. The monoisotopic (exact) mass is 347 g/mol. The zero-order chi connectivity index (χ0) is 17.9. The summed E-state index contributed by atoms with van der Waals surface area (Å²) in [6, 6.07) is 15.9. The molecule has 0 spiro atoms. The number of aromatic nitrogens is 2. The van der Waals surface area contributed by atoms with E-state index in [0.717, 1.165) is 41.1 Å². The van der Waals surface area contributed by atoms with Gasteiger partial charge in [-0.2, -0.15) is 5.10 Å². The van der Waals surface area contributed by atoms with Crippen LogP contribution in [-0.2, 0) is 19.4 Å². The molecule has 0 saturated carbocycles. The summed E-state index contributed by atoms with van der Waals surface area (Å²) in [7, 11) is 0. The summed E-state index contributed by atoms with van der Waals surface area (Å²) in [5.41, 5.74) is 4.65. The topological polar surface area (TPSA) is 56.1 Å². The number of fused-ring (bicyclic) bond motifs is 1. The Bertz CT molecular complexity index is 932. The Balaban J connectivity index is 1.54. The fourth-order valence-corrected chi connectivity index (χ4v) is 3.33. The second-order valence-corrected chi connectivity index (χ2v) is 6.38. The summed E-state index contributed by atoms with van der Waals surface area (Å²) in [4.78, 5) is 12.8. The lowest BCUT2D eigenvalue weighted by Gasteiger charge is -2.09. The molecule has 0 bridgehead atoms. The van der Waals surface area contributed by atoms with E-state index in [1.807, 2.05) is 48.0 Å². The second-order valence-electron chi connectivity index (χ2n) is 6.38. The minimum absolute atomic E-state index is 0.125. The number of carbonyl (C=O) groups is 1. The number of carbonyl (C=O) groups excluding carboxylic acids is 1. The van der Waals surface area contributed by atoms with Crippen LogP contribution in [0.2, 0.25) is 0 Å². The van der Waals surface area contributed by atoms with Gasteiger partial charge in [0.05, 0.1) is 30.6 Å². The van der Waals surface area contributed by atoms with Crippen LogP contribution >= 0.6 is 0 Å². The van der Waals surface area contributed by atoms with E-state index in [1.54, 1.807) is 6.20 Å². The lowest BCUT2D eigenvalue weighted by atomic mass is 10.1. The van der Waals surface area contributed by atoms with Crippen LogP contribution in [0.4, 0.5) is 5.69 Å². The smallest absolute Gasteiger partial charge is 0.259 e. The minimum Gasteiger partial charge on any atom is -0.493 e. The number of hydrogen-bond donors (Lipinski definition) is 1. The van der Waals surface area contributed by atoms with E-state index in [2.05, 4.69) is 22.5 Å². The van der Waals surface area contributed by atoms with Gasteiger partial charge in [0.15, 0.2) is 0 Å². The molecule has 5 nitrogen and oxygen atoms in total. The van der Waals surface area contributed by atoms with E-state index in [1.165, 1.54) is 0 Å². The number of anilines is 1. The fraction of sp³-hybridized carbons (Fsp3) is 0.238. The molecule has 26 heavy (non-hydrogen) atoms. The molecule has 0 unspecified atom stereocenters. The molecule has 5 heteroatoms. The summed E-state index contributed by atoms with van der Waals surface area (Å²) >= 11 is 0. The molecule has 0 atom stereocenters. The number of amides is 1. The Labute approximate surface area is 152 Å². The van der Waals surface area contributed by atoms with Crippen LogP contribution in [-0.4, -0.2) is 22.3 Å². The lowest BCUT2D eigenvalue weighted by molar-refractivity contribution is 0.102. The van der Waals surface area contributed by atoms with Crippen molar-refractivity contribution in [2.45, 2.75) is 26.3 Å². The number of benzene rings is 2. The molecule has 1 aliphatic heterocycles. The molecule has 0 radical (unpaired) electrons. The van der Waals surface area contributed by atoms with Gasteiger partial charge in [0, 0.05) is 12.1 Å². The van der Waals surface area contributed by atoms with Crippen molar-refractivity contribution in [3.05, 3.63) is 77.1 Å². The molecular weight excluding hydrogens is 326 g/mol. The van der Waals surface area contributed by atoms with Crippen LogP contribution in [0.5, 0.6) is 5.75 Å². The molecule has 1 aromatic heterocycles. The maximum absolute atomic E-state index is 12.8. The van der Waals surface area contributed by atoms with E-state index in [9.17, 15) is 4.79 Å². The van der Waals surface area contributed by atoms with Crippen LogP contribution in [0.15, 0.2) is 54.7 Å². The summed E-state index contributed by atoms with van der Waals surface area (Å²) in [6.45, 7) is 3.41. The van der Waals surface area contributed by atoms with Crippen LogP contribution in [0.3, 0.4) is 0 Å². The van der Waals surface area contributed by atoms with Gasteiger partial charge >= 0.3 is 0 Å². The number of hydrogen-bond acceptors (Lipinski definition) is 3. The maximum Gasteiger partial charge on any atom is 0.259 e. The average Bonchev–Trinajstić information content (AvgIpc) is 3.28. The van der Waals surface area contributed by atoms with Crippen molar-refractivity contribution in [2.75, 3.05) is 11.9 Å². The summed E-state index contributed by atoms with van der Waals surface area (Å²) < 4.78 is 7.42. The first-order chi connectivity index (χ1) is 12.7. The van der Waals surface area contributed by atoms with Gasteiger partial charge in [-0.1, -0.05) is 37.3 Å². The normalized spacial score (nSPS) is 12.5. The Morgan fingerprint density at radius 3 is 2.88 bits per heavy atom. The van der Waals surface area contributed by atoms with Crippen molar-refractivity contribution in [1.29, 1.82) is 0 Å². The van der Waals surface area contributed by atoms with Crippen LogP contribution in [0.25, 0.3) is 0 Å². The zero-order valence-corrected chi connectivity index (χ0v) is 14.7. The molecule has 3 aromatic rings. The Kier molecular flexibility index (Phi) is 4.44. The molecule has 2 heterocycles. The van der Waals surface area contributed by atoms with Crippen LogP contribution in [0, 0.1) is 0 Å². The number of rotatable bonds is 5. The third kappa shape index (κ3) is 3.20. The first-order valence-electron chi connectivity index (χ1n) is 8.90. The highest BCUT2D eigenvalue weighted by Crippen LogP contribution is 2.28. The number of nitrogens with zero attached hydrogens (tertiary/aromatic N) is 2. The predicted molar refractivity (Wildman–Crippen MR) is 101 cm³/mol. The van der Waals surface area contributed by atoms with E-state index in [4.69, 9.17) is 4.74 Å². The zero-order valence-electron chi connectivity index (χ0n) is 14.7. The van der Waals surface area contributed by atoms with Gasteiger partial charge in [-0.05, 0) is 35.7 Å². The third-order valence-electron chi connectivity index (χ3n) is 4.65. The molecule has 1 N–H and O–H groups in total. The van der Waals surface area contributed by atoms with Crippen molar-refractivity contribution in [2.24, 2.45) is 0 Å². The van der Waals surface area contributed by atoms with Gasteiger partial charge in [-0.25, -0.2) is 0 Å². The molecule has 0 aliphatic carbocycles. The maximum atomic E-state index is 12.8. The molecule has 1 amide bonds. The SMILES string of the molecule is CCc1c(C(=O)Nc2ccc3c(c2)CCO3)cnn1Cc1ccccc1. The minimum atomic E-state index is -0.125. The van der Waals surface area contributed by atoms with E-state index >= 15 is 0 Å². The standard InChI is InChI=1S/C21H21N3O2/c1-2-19-18(13-22-24(19)14-15-6-4-3-5-7-15)21(25)23-17-8-9-20-16(12-17)10-11-26-20/h3-9,12-13H,2,10-11,14H2,1H3,(H,23,25). The predicted octanol–water partition coefficient (Wildman–Crippen LogP) is 3.68. The lowest BCUT2D eigenvalue weighted by Crippen LogP contribution is -2.15. The third-order valence-corrected chi connectivity index (χ3v) is 4.65. The average molecular weight is 347 g/mol. The van der Waals surface area contributed by atoms with Gasteiger partial charge < -0.3 is 10.1 Å². The largest absolute Gasteiger partial charge is 0.493 e. The molecular formula is C21H21N3O2. The van der Waals surface area contributed by atoms with Gasteiger partial charge in [-0.3, -0.25) is 9.48 Å². The summed E-state index contributed by atoms with van der Waals surface area (Å²) in [5.74, 6) is 0.785. The first-order valence-corrected chi connectivity index (χ1v) is 8.90. The van der Waals surface area contributed by atoms with E-state index < -0.39 is 0 Å². The summed E-state index contributed by atoms with van der Waals surface area (Å²) in [6.07, 6.45) is 3.29. The Morgan fingerprint density at radius 2 is 2.08 bits per heavy atom. The highest BCUT2D eigenvalue weighted by molar-refractivity contribution is 6.05. The first kappa shape index (κ1) is 16.4. The fourth-order valence-electron chi connectivity index (χ4n) is 3.33. The van der Waals surface area contributed by atoms with Crippen molar-refractivity contribution in [3.8, 4) is 5.75 Å². The Morgan fingerprint density at radius 1 is 1.23 bits per heavy atom. The van der Waals surface area contributed by atoms with Crippen molar-refractivity contribution in [3.63, 3.8) is 0 Å². The summed E-state index contributed by atoms with van der Waals surface area (Å²) in [5, 5.41) is 7.43. The number of nitrogens with one attached hydrogen (secondary N) is 1. The molecule has 4 rings (SSSR count). The van der Waals surface area contributed by atoms with Gasteiger partial charge in [-0.15, -0.1) is 0 Å². The van der Waals surface area contributed by atoms with Gasteiger partial charge in [0.2, 0.25) is 0 Å². The quantitative estimate of drug-likeness (QED) is 0.766. The van der Waals surface area contributed by atoms with Crippen LogP contribution < -0.4 is 10.1 Å². The molecule has 132 valence electrons. The van der Waals surface area contributed by atoms with E-state index in [0.29, 0.717) is 18.7 Å². The van der Waals surface area contributed by atoms with Gasteiger partial charge in [0.1, 0.15) is 5.75 Å². The van der Waals surface area contributed by atoms with Crippen molar-refractivity contribution >= 4 is 11.6 Å². The van der Waals surface area contributed by atoms with Gasteiger partial charge in [0.25, 0.3) is 5.91 Å².